The van der Waals surface area contributed by atoms with Crippen LogP contribution < -0.4 is 0 Å². The number of halogens is 3. The number of aromatic nitrogens is 3. The molecule has 0 fully saturated rings. The molecule has 3 rings (SSSR count). The summed E-state index contributed by atoms with van der Waals surface area (Å²) in [7, 11) is 0. The second-order valence-electron chi connectivity index (χ2n) is 4.77. The predicted molar refractivity (Wildman–Crippen MR) is 79.9 cm³/mol. The van der Waals surface area contributed by atoms with Gasteiger partial charge in [-0.1, -0.05) is 0 Å². The molecule has 21 heavy (non-hydrogen) atoms. The number of nitrogens with zero attached hydrogens (tertiary/aromatic N) is 3. The molecule has 110 valence electrons. The van der Waals surface area contributed by atoms with E-state index in [4.69, 9.17) is 11.6 Å². The van der Waals surface area contributed by atoms with E-state index in [0.29, 0.717) is 11.3 Å². The van der Waals surface area contributed by atoms with Gasteiger partial charge in [-0.25, -0.2) is 18.7 Å². The SMILES string of the molecule is Cc1cnc(C(C)n2c(CCl)nc3c(F)cc(F)cc32)s1. The lowest BCUT2D eigenvalue weighted by molar-refractivity contribution is 0.588. The van der Waals surface area contributed by atoms with Crippen LogP contribution in [0.1, 0.15) is 28.7 Å². The summed E-state index contributed by atoms with van der Waals surface area (Å²) in [6.07, 6.45) is 1.77. The van der Waals surface area contributed by atoms with Gasteiger partial charge in [0, 0.05) is 23.2 Å². The Morgan fingerprint density at radius 1 is 1.38 bits per heavy atom. The summed E-state index contributed by atoms with van der Waals surface area (Å²) in [6.45, 7) is 3.87. The Morgan fingerprint density at radius 2 is 2.14 bits per heavy atom. The number of hydrogen-bond donors (Lipinski definition) is 0. The molecule has 3 aromatic rings. The van der Waals surface area contributed by atoms with Crippen molar-refractivity contribution in [2.45, 2.75) is 25.8 Å². The van der Waals surface area contributed by atoms with Gasteiger partial charge in [0.2, 0.25) is 0 Å². The fourth-order valence-corrected chi connectivity index (χ4v) is 3.38. The zero-order chi connectivity index (χ0) is 15.1. The third-order valence-corrected chi connectivity index (χ3v) is 4.61. The number of aryl methyl sites for hydroxylation is 1. The van der Waals surface area contributed by atoms with E-state index in [1.54, 1.807) is 10.8 Å². The second kappa shape index (κ2) is 5.35. The topological polar surface area (TPSA) is 30.7 Å². The van der Waals surface area contributed by atoms with E-state index in [1.807, 2.05) is 13.8 Å². The highest BCUT2D eigenvalue weighted by Gasteiger charge is 2.21. The molecule has 1 unspecified atom stereocenters. The van der Waals surface area contributed by atoms with E-state index in [0.717, 1.165) is 16.0 Å². The van der Waals surface area contributed by atoms with Crippen LogP contribution in [0, 0.1) is 18.6 Å². The van der Waals surface area contributed by atoms with E-state index in [9.17, 15) is 8.78 Å². The fraction of sp³-hybridized carbons (Fsp3) is 0.286. The van der Waals surface area contributed by atoms with Crippen LogP contribution in [-0.4, -0.2) is 14.5 Å². The second-order valence-corrected chi connectivity index (χ2v) is 6.31. The molecule has 0 spiro atoms. The molecule has 0 amide bonds. The zero-order valence-corrected chi connectivity index (χ0v) is 13.0. The van der Waals surface area contributed by atoms with Crippen LogP contribution in [0.2, 0.25) is 0 Å². The Morgan fingerprint density at radius 3 is 2.76 bits per heavy atom. The summed E-state index contributed by atoms with van der Waals surface area (Å²) in [5, 5.41) is 0.850. The van der Waals surface area contributed by atoms with Crippen LogP contribution in [0.5, 0.6) is 0 Å². The van der Waals surface area contributed by atoms with Gasteiger partial charge < -0.3 is 4.57 Å². The molecule has 2 aromatic heterocycles. The highest BCUT2D eigenvalue weighted by molar-refractivity contribution is 7.11. The van der Waals surface area contributed by atoms with E-state index in [-0.39, 0.29) is 17.4 Å². The Kier molecular flexibility index (Phi) is 3.67. The maximum atomic E-state index is 13.9. The van der Waals surface area contributed by atoms with Crippen molar-refractivity contribution in [1.29, 1.82) is 0 Å². The minimum absolute atomic E-state index is 0.116. The minimum Gasteiger partial charge on any atom is -0.317 e. The molecule has 1 aromatic carbocycles. The summed E-state index contributed by atoms with van der Waals surface area (Å²) >= 11 is 7.46. The van der Waals surface area contributed by atoms with Gasteiger partial charge in [-0.3, -0.25) is 0 Å². The van der Waals surface area contributed by atoms with Crippen LogP contribution in [0.4, 0.5) is 8.78 Å². The summed E-state index contributed by atoms with van der Waals surface area (Å²) < 4.78 is 29.2. The Labute approximate surface area is 129 Å². The van der Waals surface area contributed by atoms with Crippen molar-refractivity contribution in [3.63, 3.8) is 0 Å². The fourth-order valence-electron chi connectivity index (χ4n) is 2.37. The average molecular weight is 328 g/mol. The molecule has 0 radical (unpaired) electrons. The highest BCUT2D eigenvalue weighted by Crippen LogP contribution is 2.30. The third kappa shape index (κ3) is 2.42. The Balaban J connectivity index is 2.25. The zero-order valence-electron chi connectivity index (χ0n) is 11.4. The first-order valence-electron chi connectivity index (χ1n) is 6.35. The molecule has 0 aliphatic heterocycles. The van der Waals surface area contributed by atoms with Gasteiger partial charge >= 0.3 is 0 Å². The first-order chi connectivity index (χ1) is 10.0. The molecule has 0 aliphatic carbocycles. The largest absolute Gasteiger partial charge is 0.317 e. The Hall–Kier alpha value is -1.53. The van der Waals surface area contributed by atoms with Crippen LogP contribution in [0.15, 0.2) is 18.3 Å². The smallest absolute Gasteiger partial charge is 0.153 e. The molecule has 1 atom stereocenters. The van der Waals surface area contributed by atoms with E-state index < -0.39 is 11.6 Å². The van der Waals surface area contributed by atoms with E-state index >= 15 is 0 Å². The van der Waals surface area contributed by atoms with Gasteiger partial charge in [0.1, 0.15) is 22.2 Å². The summed E-state index contributed by atoms with van der Waals surface area (Å²) in [5.41, 5.74) is 0.524. The van der Waals surface area contributed by atoms with Gasteiger partial charge in [0.05, 0.1) is 17.4 Å². The molecular weight excluding hydrogens is 316 g/mol. The van der Waals surface area contributed by atoms with Crippen molar-refractivity contribution in [2.24, 2.45) is 0 Å². The van der Waals surface area contributed by atoms with Crippen molar-refractivity contribution in [1.82, 2.24) is 14.5 Å². The molecule has 0 N–H and O–H groups in total. The number of alkyl halides is 1. The van der Waals surface area contributed by atoms with Gasteiger partial charge in [-0.15, -0.1) is 22.9 Å². The normalized spacial score (nSPS) is 13.0. The van der Waals surface area contributed by atoms with Crippen molar-refractivity contribution in [2.75, 3.05) is 0 Å². The van der Waals surface area contributed by atoms with Gasteiger partial charge in [0.15, 0.2) is 5.82 Å². The lowest BCUT2D eigenvalue weighted by Gasteiger charge is -2.14. The number of hydrogen-bond acceptors (Lipinski definition) is 3. The van der Waals surface area contributed by atoms with Crippen molar-refractivity contribution < 1.29 is 8.78 Å². The lowest BCUT2D eigenvalue weighted by Crippen LogP contribution is -2.09. The number of fused-ring (bicyclic) bond motifs is 1. The average Bonchev–Trinajstić information content (AvgIpc) is 3.01. The molecule has 7 heteroatoms. The van der Waals surface area contributed by atoms with Gasteiger partial charge in [0.25, 0.3) is 0 Å². The number of thiazole rings is 1. The third-order valence-electron chi connectivity index (χ3n) is 3.29. The van der Waals surface area contributed by atoms with Crippen LogP contribution in [0.3, 0.4) is 0 Å². The number of imidazole rings is 1. The van der Waals surface area contributed by atoms with E-state index in [2.05, 4.69) is 9.97 Å². The Bertz CT molecular complexity index is 812. The number of benzene rings is 1. The van der Waals surface area contributed by atoms with Crippen molar-refractivity contribution >= 4 is 34.0 Å². The van der Waals surface area contributed by atoms with Crippen LogP contribution >= 0.6 is 22.9 Å². The quantitative estimate of drug-likeness (QED) is 0.666. The van der Waals surface area contributed by atoms with Crippen LogP contribution in [0.25, 0.3) is 11.0 Å². The molecule has 3 nitrogen and oxygen atoms in total. The molecule has 0 saturated carbocycles. The molecule has 0 bridgehead atoms. The maximum Gasteiger partial charge on any atom is 0.153 e. The highest BCUT2D eigenvalue weighted by atomic mass is 35.5. The van der Waals surface area contributed by atoms with E-state index in [1.165, 1.54) is 17.4 Å². The standard InChI is InChI=1S/C14H12ClF2N3S/c1-7-6-18-14(21-7)8(2)20-11-4-9(16)3-10(17)13(11)19-12(20)5-15/h3-4,6,8H,5H2,1-2H3. The summed E-state index contributed by atoms with van der Waals surface area (Å²) in [5.74, 6) is -0.705. The summed E-state index contributed by atoms with van der Waals surface area (Å²) in [4.78, 5) is 9.60. The van der Waals surface area contributed by atoms with Crippen LogP contribution in [-0.2, 0) is 5.88 Å². The van der Waals surface area contributed by atoms with Gasteiger partial charge in [-0.05, 0) is 13.8 Å². The first-order valence-corrected chi connectivity index (χ1v) is 7.70. The number of rotatable bonds is 3. The molecular formula is C14H12ClF2N3S. The van der Waals surface area contributed by atoms with Crippen molar-refractivity contribution in [3.05, 3.63) is 45.7 Å². The van der Waals surface area contributed by atoms with Gasteiger partial charge in [-0.2, -0.15) is 0 Å². The lowest BCUT2D eigenvalue weighted by atomic mass is 10.2. The minimum atomic E-state index is -0.683. The molecule has 0 saturated heterocycles. The predicted octanol–water partition coefficient (Wildman–Crippen LogP) is 4.43. The summed E-state index contributed by atoms with van der Waals surface area (Å²) in [6, 6.07) is 1.91. The first kappa shape index (κ1) is 14.4. The molecule has 2 heterocycles. The van der Waals surface area contributed by atoms with Crippen molar-refractivity contribution in [3.8, 4) is 0 Å². The maximum absolute atomic E-state index is 13.9. The monoisotopic (exact) mass is 327 g/mol. The molecule has 0 aliphatic rings.